The van der Waals surface area contributed by atoms with Crippen LogP contribution in [0.25, 0.3) is 44.8 Å². The molecule has 4 aromatic heterocycles. The second-order valence-corrected chi connectivity index (χ2v) is 22.9. The number of imide groups is 2. The number of nitrogens with two attached hydrogens (primary N) is 1. The van der Waals surface area contributed by atoms with Gasteiger partial charge in [-0.1, -0.05) is 47.0 Å². The number of rotatable bonds is 20. The largest absolute Gasteiger partial charge is 0.491 e. The van der Waals surface area contributed by atoms with Crippen LogP contribution in [0.2, 0.25) is 5.02 Å². The maximum atomic E-state index is 13.1. The first-order chi connectivity index (χ1) is 41.9. The van der Waals surface area contributed by atoms with Gasteiger partial charge in [-0.05, 0) is 165 Å². The summed E-state index contributed by atoms with van der Waals surface area (Å²) in [6.07, 6.45) is 7.88. The Labute approximate surface area is 507 Å². The monoisotopic (exact) mass is 1200 g/mol. The zero-order valence-corrected chi connectivity index (χ0v) is 50.0. The molecule has 0 saturated carbocycles. The summed E-state index contributed by atoms with van der Waals surface area (Å²) >= 11 is 6.16. The van der Waals surface area contributed by atoms with Gasteiger partial charge >= 0.3 is 0 Å². The highest BCUT2D eigenvalue weighted by Gasteiger charge is 2.38. The quantitative estimate of drug-likeness (QED) is 0.0352. The van der Waals surface area contributed by atoms with E-state index in [1.165, 1.54) is 53.4 Å². The molecule has 4 aliphatic heterocycles. The number of aliphatic hydroxyl groups excluding tert-OH is 2. The van der Waals surface area contributed by atoms with Crippen LogP contribution in [0.15, 0.2) is 94.8 Å². The lowest BCUT2D eigenvalue weighted by Gasteiger charge is -2.17. The van der Waals surface area contributed by atoms with Crippen LogP contribution in [0.5, 0.6) is 11.5 Å². The van der Waals surface area contributed by atoms with Gasteiger partial charge in [0.05, 0.1) is 55.0 Å². The Morgan fingerprint density at radius 3 is 1.47 bits per heavy atom. The van der Waals surface area contributed by atoms with Gasteiger partial charge < -0.3 is 60.5 Å². The van der Waals surface area contributed by atoms with E-state index in [-0.39, 0.29) is 83.0 Å². The molecule has 0 bridgehead atoms. The number of carbonyl (C=O) groups is 4. The Morgan fingerprint density at radius 2 is 1.01 bits per heavy atom. The van der Waals surface area contributed by atoms with Crippen LogP contribution < -0.4 is 31.6 Å². The topological polar surface area (TPSA) is 301 Å². The van der Waals surface area contributed by atoms with Crippen molar-refractivity contribution in [3.8, 4) is 34.3 Å². The molecule has 8 aromatic rings. The van der Waals surface area contributed by atoms with Crippen molar-refractivity contribution < 1.29 is 38.9 Å². The number of anilines is 1. The minimum atomic E-state index is -0.846. The Balaban J connectivity index is 0.000000164. The smallest absolute Gasteiger partial charge is 0.261 e. The van der Waals surface area contributed by atoms with E-state index in [2.05, 4.69) is 45.0 Å². The molecule has 23 heteroatoms. The zero-order valence-electron chi connectivity index (χ0n) is 49.3. The van der Waals surface area contributed by atoms with Gasteiger partial charge in [0.15, 0.2) is 0 Å². The van der Waals surface area contributed by atoms with Crippen molar-refractivity contribution in [3.05, 3.63) is 155 Å². The third-order valence-electron chi connectivity index (χ3n) is 15.9. The van der Waals surface area contributed by atoms with Crippen molar-refractivity contribution in [1.82, 2.24) is 49.5 Å². The molecule has 0 spiro atoms. The summed E-state index contributed by atoms with van der Waals surface area (Å²) in [7, 11) is 0. The van der Waals surface area contributed by atoms with Crippen LogP contribution in [0.4, 0.5) is 5.69 Å². The summed E-state index contributed by atoms with van der Waals surface area (Å²) in [6, 6.07) is 21.5. The predicted octanol–water partition coefficient (Wildman–Crippen LogP) is 7.12. The summed E-state index contributed by atoms with van der Waals surface area (Å²) in [6.45, 7) is 15.5. The van der Waals surface area contributed by atoms with Gasteiger partial charge in [-0.3, -0.25) is 38.6 Å². The van der Waals surface area contributed by atoms with Gasteiger partial charge in [-0.25, -0.2) is 9.97 Å². The van der Waals surface area contributed by atoms with Crippen LogP contribution in [-0.4, -0.2) is 174 Å². The molecule has 4 aliphatic rings. The van der Waals surface area contributed by atoms with E-state index in [1.54, 1.807) is 36.4 Å². The van der Waals surface area contributed by atoms with E-state index in [0.29, 0.717) is 74.7 Å². The number of halogens is 1. The Morgan fingerprint density at radius 1 is 0.575 bits per heavy atom. The number of carbonyl (C=O) groups excluding carboxylic acids is 4. The van der Waals surface area contributed by atoms with Gasteiger partial charge in [0.1, 0.15) is 59.7 Å². The fourth-order valence-corrected chi connectivity index (χ4v) is 11.6. The lowest BCUT2D eigenvalue weighted by Crippen LogP contribution is -2.33. The van der Waals surface area contributed by atoms with Crippen molar-refractivity contribution in [3.63, 3.8) is 0 Å². The molecule has 12 rings (SSSR count). The number of aryl methyl sites for hydroxylation is 4. The number of imidazole rings is 2. The first-order valence-corrected chi connectivity index (χ1v) is 29.9. The lowest BCUT2D eigenvalue weighted by molar-refractivity contribution is 0.0633. The van der Waals surface area contributed by atoms with Gasteiger partial charge in [0, 0.05) is 38.6 Å². The van der Waals surface area contributed by atoms with Crippen molar-refractivity contribution in [2.75, 3.05) is 84.0 Å². The van der Waals surface area contributed by atoms with Crippen LogP contribution in [-0.2, 0) is 0 Å². The fourth-order valence-electron chi connectivity index (χ4n) is 11.3. The van der Waals surface area contributed by atoms with Crippen molar-refractivity contribution >= 4 is 63.0 Å². The summed E-state index contributed by atoms with van der Waals surface area (Å²) in [4.78, 5) is 105. The molecule has 4 aromatic carbocycles. The van der Waals surface area contributed by atoms with E-state index >= 15 is 0 Å². The highest BCUT2D eigenvalue weighted by molar-refractivity contribution is 6.33. The molecule has 0 radical (unpaired) electrons. The first-order valence-electron chi connectivity index (χ1n) is 29.5. The van der Waals surface area contributed by atoms with E-state index < -0.39 is 12.2 Å². The molecule has 2 atom stereocenters. The maximum absolute atomic E-state index is 13.1. The summed E-state index contributed by atoms with van der Waals surface area (Å²) in [5.74, 6) is 0.889. The molecular formula is C64H73ClN12O10. The lowest BCUT2D eigenvalue weighted by atomic mass is 10.1. The van der Waals surface area contributed by atoms with Gasteiger partial charge in [0.25, 0.3) is 34.7 Å². The molecule has 2 fully saturated rings. The Bertz CT molecular complexity index is 3870. The average Bonchev–Trinajstić information content (AvgIpc) is 1.91. The summed E-state index contributed by atoms with van der Waals surface area (Å²) in [5, 5.41) is 23.2. The third-order valence-corrected chi connectivity index (χ3v) is 16.2. The summed E-state index contributed by atoms with van der Waals surface area (Å²) in [5.41, 5.74) is 13.3. The van der Waals surface area contributed by atoms with Crippen LogP contribution >= 0.6 is 11.6 Å². The number of nitrogens with one attached hydrogen (secondary N) is 5. The number of aliphatic hydroxyl groups is 2. The number of aromatic nitrogens is 6. The molecule has 22 nitrogen and oxygen atoms in total. The number of H-pyrrole nitrogens is 4. The van der Waals surface area contributed by atoms with Gasteiger partial charge in [-0.2, -0.15) is 0 Å². The van der Waals surface area contributed by atoms with E-state index in [4.69, 9.17) is 26.8 Å². The summed E-state index contributed by atoms with van der Waals surface area (Å²) < 4.78 is 11.2. The maximum Gasteiger partial charge on any atom is 0.261 e. The molecule has 0 unspecified atom stereocenters. The highest BCUT2D eigenvalue weighted by atomic mass is 35.5. The average molecular weight is 1210 g/mol. The third kappa shape index (κ3) is 14.2. The van der Waals surface area contributed by atoms with E-state index in [9.17, 15) is 39.0 Å². The van der Waals surface area contributed by atoms with Gasteiger partial charge in [-0.15, -0.1) is 0 Å². The number of amides is 4. The second-order valence-electron chi connectivity index (χ2n) is 22.5. The number of benzene rings is 4. The van der Waals surface area contributed by atoms with E-state index in [0.717, 1.165) is 74.6 Å². The highest BCUT2D eigenvalue weighted by Crippen LogP contribution is 2.33. The normalized spacial score (nSPS) is 15.6. The number of hydrogen-bond acceptors (Lipinski definition) is 16. The minimum absolute atomic E-state index is 0.0724. The SMILES string of the molecule is Cc1ccc(OC[C@H](O)CN)c(C)c1.Cc1ccc(OC[C@H](O)CNc2cc[nH]c(=O)c2-c2nc3cc4c(cc3[nH]2)C(=O)N(CCCN2CCCC2)C4=O)c(C)c1.O=C1c2cc3nc(-c4c(Cl)cc[nH]c4=O)[nH]c3cc2C(=O)N1CCCN1CCCC1. The molecule has 8 heterocycles. The van der Waals surface area contributed by atoms with Crippen molar-refractivity contribution in [1.29, 1.82) is 0 Å². The van der Waals surface area contributed by atoms with Crippen LogP contribution in [0, 0.1) is 27.7 Å². The fraction of sp³-hybridized carbons (Fsp3) is 0.375. The van der Waals surface area contributed by atoms with Crippen LogP contribution in [0.3, 0.4) is 0 Å². The Kier molecular flexibility index (Phi) is 19.4. The predicted molar refractivity (Wildman–Crippen MR) is 333 cm³/mol. The molecular weight excluding hydrogens is 1130 g/mol. The number of hydrogen-bond donors (Lipinski definition) is 8. The van der Waals surface area contributed by atoms with E-state index in [1.807, 2.05) is 64.1 Å². The standard InChI is InChI=1S/C32H36N6O5.C21H20ClN5O3.C11H17NO2/c1-19-6-7-27(20(2)14-19)43-18-21(39)17-34-24-8-9-33-30(40)28(24)29-35-25-15-22-23(16-26(25)36-29)32(42)38(31(22)41)13-5-12-37-10-3-4-11-37;22-14-4-5-23-19(28)17(14)18-24-15-10-12-13(11-16(15)25-18)21(30)27(20(12)29)9-3-8-26-6-1-2-7-26;1-8-3-4-11(9(2)5-8)14-7-10(13)6-12/h6-9,14-16,21,39H,3-5,10-13,17-18H2,1-2H3,(H,35,36)(H2,33,34,40);4-5,10-11H,1-3,6-9H2,(H,23,28)(H,24,25);3-5,10,13H,6-7,12H2,1-2H3/t21-;;10-/m1.1/s1. The second kappa shape index (κ2) is 27.5. The molecule has 9 N–H and O–H groups in total. The van der Waals surface area contributed by atoms with Crippen LogP contribution in [0.1, 0.15) is 102 Å². The molecule has 2 saturated heterocycles. The molecule has 4 amide bonds. The van der Waals surface area contributed by atoms with Gasteiger partial charge in [0.2, 0.25) is 0 Å². The minimum Gasteiger partial charge on any atom is -0.491 e. The number of fused-ring (bicyclic) bond motifs is 4. The Hall–Kier alpha value is -8.51. The number of ether oxygens (including phenoxy) is 2. The van der Waals surface area contributed by atoms with Crippen molar-refractivity contribution in [2.24, 2.45) is 5.73 Å². The molecule has 0 aliphatic carbocycles. The molecule has 87 heavy (non-hydrogen) atoms. The number of pyridine rings is 2. The number of nitrogens with zero attached hydrogens (tertiary/aromatic N) is 6. The number of aromatic amines is 4. The first kappa shape index (κ1) is 61.6. The van der Waals surface area contributed by atoms with Crippen molar-refractivity contribution in [2.45, 2.75) is 78.4 Å². The number of likely N-dealkylation sites (tertiary alicyclic amines) is 2. The zero-order chi connectivity index (χ0) is 61.5. The molecule has 456 valence electrons.